The van der Waals surface area contributed by atoms with Gasteiger partial charge in [-0.05, 0) is 44.4 Å². The smallest absolute Gasteiger partial charge is 0.312 e. The van der Waals surface area contributed by atoms with Crippen molar-refractivity contribution in [3.8, 4) is 0 Å². The Morgan fingerprint density at radius 3 is 1.93 bits per heavy atom. The highest BCUT2D eigenvalue weighted by molar-refractivity contribution is 5.77. The first kappa shape index (κ1) is 23.0. The molecule has 168 valence electrons. The van der Waals surface area contributed by atoms with Crippen LogP contribution >= 0.6 is 0 Å². The summed E-state index contributed by atoms with van der Waals surface area (Å²) in [7, 11) is 0. The van der Waals surface area contributed by atoms with E-state index in [4.69, 9.17) is 14.2 Å². The minimum atomic E-state index is -0.578. The molecule has 0 aromatic heterocycles. The molecule has 4 rings (SSSR count). The van der Waals surface area contributed by atoms with Crippen molar-refractivity contribution in [1.82, 2.24) is 0 Å². The van der Waals surface area contributed by atoms with Gasteiger partial charge in [0.15, 0.2) is 0 Å². The number of carbonyl (C=O) groups is 1. The molecular formula is C23H40O6. The molecule has 4 fully saturated rings. The van der Waals surface area contributed by atoms with Crippen LogP contribution in [0, 0.1) is 17.3 Å². The van der Waals surface area contributed by atoms with Gasteiger partial charge in [0, 0.05) is 19.3 Å². The molecule has 0 aliphatic heterocycles. The van der Waals surface area contributed by atoms with E-state index < -0.39 is 22.2 Å². The molecule has 3 atom stereocenters. The van der Waals surface area contributed by atoms with Crippen LogP contribution in [0.25, 0.3) is 0 Å². The second-order valence-electron chi connectivity index (χ2n) is 10.4. The van der Waals surface area contributed by atoms with Gasteiger partial charge in [-0.3, -0.25) is 4.79 Å². The summed E-state index contributed by atoms with van der Waals surface area (Å²) in [4.78, 5) is 13.4. The van der Waals surface area contributed by atoms with E-state index in [-0.39, 0.29) is 38.3 Å². The average molecular weight is 413 g/mol. The fraction of sp³-hybridized carbons (Fsp3) is 0.957. The van der Waals surface area contributed by atoms with E-state index in [1.807, 2.05) is 6.92 Å². The molecule has 2 N–H and O–H groups in total. The standard InChI is InChI=1S/C23H40O6/c1-5-6-20(4,17(2)3)19(26)29-23-13-18-11-21(15-23,27-9-7-24)14-22(12-18,16-23)28-10-8-25/h17-18,24-25H,5-16H2,1-4H3. The molecule has 0 aromatic rings. The lowest BCUT2D eigenvalue weighted by atomic mass is 9.50. The first-order valence-corrected chi connectivity index (χ1v) is 11.4. The van der Waals surface area contributed by atoms with Gasteiger partial charge in [0.05, 0.1) is 43.0 Å². The molecule has 3 unspecified atom stereocenters. The maximum atomic E-state index is 13.4. The zero-order valence-corrected chi connectivity index (χ0v) is 18.7. The molecule has 4 aliphatic carbocycles. The van der Waals surface area contributed by atoms with Crippen molar-refractivity contribution < 1.29 is 29.2 Å². The Labute approximate surface area is 175 Å². The summed E-state index contributed by atoms with van der Waals surface area (Å²) in [6, 6.07) is 0. The molecule has 6 heteroatoms. The van der Waals surface area contributed by atoms with Gasteiger partial charge in [0.25, 0.3) is 0 Å². The van der Waals surface area contributed by atoms with Gasteiger partial charge in [0.2, 0.25) is 0 Å². The predicted molar refractivity (Wildman–Crippen MR) is 109 cm³/mol. The van der Waals surface area contributed by atoms with E-state index in [0.717, 1.165) is 38.5 Å². The molecule has 0 spiro atoms. The molecule has 0 heterocycles. The minimum Gasteiger partial charge on any atom is -0.458 e. The Balaban J connectivity index is 1.88. The molecule has 4 saturated carbocycles. The summed E-state index contributed by atoms with van der Waals surface area (Å²) >= 11 is 0. The maximum absolute atomic E-state index is 13.4. The summed E-state index contributed by atoms with van der Waals surface area (Å²) < 4.78 is 18.8. The molecule has 0 amide bonds. The van der Waals surface area contributed by atoms with Gasteiger partial charge in [-0.15, -0.1) is 0 Å². The van der Waals surface area contributed by atoms with Gasteiger partial charge in [-0.25, -0.2) is 0 Å². The van der Waals surface area contributed by atoms with Crippen LogP contribution in [0.1, 0.15) is 79.1 Å². The Morgan fingerprint density at radius 1 is 1.00 bits per heavy atom. The fourth-order valence-corrected chi connectivity index (χ4v) is 6.60. The van der Waals surface area contributed by atoms with Gasteiger partial charge in [0.1, 0.15) is 5.60 Å². The fourth-order valence-electron chi connectivity index (χ4n) is 6.60. The number of rotatable bonds is 11. The lowest BCUT2D eigenvalue weighted by molar-refractivity contribution is -0.289. The molecule has 4 aliphatic rings. The quantitative estimate of drug-likeness (QED) is 0.507. The molecule has 0 radical (unpaired) electrons. The number of ether oxygens (including phenoxy) is 3. The van der Waals surface area contributed by atoms with Crippen molar-refractivity contribution in [3.05, 3.63) is 0 Å². The Morgan fingerprint density at radius 2 is 1.48 bits per heavy atom. The third-order valence-electron chi connectivity index (χ3n) is 7.73. The van der Waals surface area contributed by atoms with Crippen molar-refractivity contribution in [2.24, 2.45) is 17.3 Å². The average Bonchev–Trinajstić information content (AvgIpc) is 2.63. The largest absolute Gasteiger partial charge is 0.458 e. The number of hydrogen-bond acceptors (Lipinski definition) is 6. The van der Waals surface area contributed by atoms with Gasteiger partial charge in [-0.1, -0.05) is 27.2 Å². The van der Waals surface area contributed by atoms with Gasteiger partial charge >= 0.3 is 5.97 Å². The van der Waals surface area contributed by atoms with E-state index in [0.29, 0.717) is 18.8 Å². The van der Waals surface area contributed by atoms with Crippen LogP contribution in [-0.4, -0.2) is 59.4 Å². The minimum absolute atomic E-state index is 0.0222. The van der Waals surface area contributed by atoms with Crippen LogP contribution in [0.5, 0.6) is 0 Å². The zero-order chi connectivity index (χ0) is 21.3. The first-order valence-electron chi connectivity index (χ1n) is 11.4. The number of aliphatic hydroxyl groups is 2. The highest BCUT2D eigenvalue weighted by atomic mass is 16.6. The normalized spacial score (nSPS) is 37.7. The Kier molecular flexibility index (Phi) is 6.69. The van der Waals surface area contributed by atoms with Crippen molar-refractivity contribution in [3.63, 3.8) is 0 Å². The predicted octanol–water partition coefficient (Wildman–Crippen LogP) is 3.22. The third-order valence-corrected chi connectivity index (χ3v) is 7.73. The van der Waals surface area contributed by atoms with Crippen LogP contribution in [0.4, 0.5) is 0 Å². The van der Waals surface area contributed by atoms with E-state index in [1.165, 1.54) is 0 Å². The highest BCUT2D eigenvalue weighted by Crippen LogP contribution is 2.63. The lowest BCUT2D eigenvalue weighted by Gasteiger charge is -2.65. The van der Waals surface area contributed by atoms with E-state index >= 15 is 0 Å². The van der Waals surface area contributed by atoms with E-state index in [2.05, 4.69) is 20.8 Å². The Bertz CT molecular complexity index is 566. The summed E-state index contributed by atoms with van der Waals surface area (Å²) in [5.41, 5.74) is -1.92. The zero-order valence-electron chi connectivity index (χ0n) is 18.7. The monoisotopic (exact) mass is 412 g/mol. The van der Waals surface area contributed by atoms with Crippen LogP contribution in [0.15, 0.2) is 0 Å². The molecular weight excluding hydrogens is 372 g/mol. The Hall–Kier alpha value is -0.690. The number of hydrogen-bond donors (Lipinski definition) is 2. The summed E-state index contributed by atoms with van der Waals surface area (Å²) in [6.45, 7) is 8.84. The molecule has 0 aromatic carbocycles. The van der Waals surface area contributed by atoms with E-state index in [9.17, 15) is 15.0 Å². The second-order valence-corrected chi connectivity index (χ2v) is 10.4. The van der Waals surface area contributed by atoms with E-state index in [1.54, 1.807) is 0 Å². The highest BCUT2D eigenvalue weighted by Gasteiger charge is 2.66. The second kappa shape index (κ2) is 8.45. The van der Waals surface area contributed by atoms with Crippen molar-refractivity contribution >= 4 is 5.97 Å². The molecule has 4 bridgehead atoms. The third kappa shape index (κ3) is 4.36. The summed E-state index contributed by atoms with van der Waals surface area (Å²) in [5, 5.41) is 18.7. The van der Waals surface area contributed by atoms with Gasteiger partial charge < -0.3 is 24.4 Å². The summed E-state index contributed by atoms with van der Waals surface area (Å²) in [5.74, 6) is 0.460. The SMILES string of the molecule is CCCC(C)(C(=O)OC12CC3CC(OCCO)(CC(OCCO)(C3)C1)C2)C(C)C. The summed E-state index contributed by atoms with van der Waals surface area (Å²) in [6.07, 6.45) is 6.53. The molecule has 29 heavy (non-hydrogen) atoms. The number of aliphatic hydroxyl groups excluding tert-OH is 2. The number of esters is 1. The van der Waals surface area contributed by atoms with Crippen LogP contribution in [0.3, 0.4) is 0 Å². The topological polar surface area (TPSA) is 85.2 Å². The number of carbonyl (C=O) groups excluding carboxylic acids is 1. The van der Waals surface area contributed by atoms with Crippen LogP contribution < -0.4 is 0 Å². The van der Waals surface area contributed by atoms with Crippen molar-refractivity contribution in [1.29, 1.82) is 0 Å². The van der Waals surface area contributed by atoms with Crippen molar-refractivity contribution in [2.75, 3.05) is 26.4 Å². The first-order chi connectivity index (χ1) is 13.7. The molecule has 6 nitrogen and oxygen atoms in total. The maximum Gasteiger partial charge on any atom is 0.312 e. The van der Waals surface area contributed by atoms with Crippen LogP contribution in [-0.2, 0) is 19.0 Å². The van der Waals surface area contributed by atoms with Crippen molar-refractivity contribution in [2.45, 2.75) is 95.9 Å². The van der Waals surface area contributed by atoms with Gasteiger partial charge in [-0.2, -0.15) is 0 Å². The lowest BCUT2D eigenvalue weighted by Crippen LogP contribution is -2.69. The molecule has 0 saturated heterocycles. The van der Waals surface area contributed by atoms with Crippen LogP contribution in [0.2, 0.25) is 0 Å².